The number of rotatable bonds is 6. The Kier molecular flexibility index (Phi) is 4.20. The van der Waals surface area contributed by atoms with Crippen LogP contribution in [0.2, 0.25) is 0 Å². The van der Waals surface area contributed by atoms with Gasteiger partial charge in [0, 0.05) is 26.1 Å². The van der Waals surface area contributed by atoms with Gasteiger partial charge in [-0.1, -0.05) is 5.21 Å². The minimum Gasteiger partial charge on any atom is -0.491 e. The van der Waals surface area contributed by atoms with Crippen molar-refractivity contribution in [2.45, 2.75) is 31.7 Å². The number of hydrogen-bond acceptors (Lipinski definition) is 4. The van der Waals surface area contributed by atoms with Crippen LogP contribution in [0.5, 0.6) is 5.75 Å². The average Bonchev–Trinajstić information content (AvgIpc) is 3.15. The van der Waals surface area contributed by atoms with Crippen LogP contribution in [-0.2, 0) is 6.54 Å². The van der Waals surface area contributed by atoms with Crippen molar-refractivity contribution in [3.8, 4) is 5.75 Å². The van der Waals surface area contributed by atoms with E-state index in [-0.39, 0.29) is 13.0 Å². The summed E-state index contributed by atoms with van der Waals surface area (Å²) < 4.78 is 34.8. The van der Waals surface area contributed by atoms with E-state index in [9.17, 15) is 8.78 Å². The van der Waals surface area contributed by atoms with Gasteiger partial charge in [-0.2, -0.15) is 0 Å². The molecule has 0 bridgehead atoms. The highest BCUT2D eigenvalue weighted by Gasteiger charge is 2.37. The van der Waals surface area contributed by atoms with Gasteiger partial charge in [0.2, 0.25) is 0 Å². The second-order valence-electron chi connectivity index (χ2n) is 6.69. The molecule has 1 aromatic heterocycles. The fraction of sp³-hybridized carbons (Fsp3) is 0.625. The Hall–Kier alpha value is -1.28. The van der Waals surface area contributed by atoms with Crippen LogP contribution in [0.4, 0.5) is 8.78 Å². The van der Waals surface area contributed by atoms with Crippen LogP contribution in [0.15, 0.2) is 16.6 Å². The summed E-state index contributed by atoms with van der Waals surface area (Å²) in [6.07, 6.45) is 2.46. The van der Waals surface area contributed by atoms with E-state index in [0.717, 1.165) is 28.0 Å². The van der Waals surface area contributed by atoms with Crippen LogP contribution in [-0.4, -0.2) is 52.1 Å². The molecule has 8 heteroatoms. The van der Waals surface area contributed by atoms with Crippen molar-refractivity contribution in [2.24, 2.45) is 5.92 Å². The first-order chi connectivity index (χ1) is 11.5. The molecule has 2 heterocycles. The average molecular weight is 401 g/mol. The predicted octanol–water partition coefficient (Wildman–Crippen LogP) is 3.32. The van der Waals surface area contributed by atoms with Gasteiger partial charge >= 0.3 is 0 Å². The van der Waals surface area contributed by atoms with E-state index in [0.29, 0.717) is 25.4 Å². The molecule has 24 heavy (non-hydrogen) atoms. The van der Waals surface area contributed by atoms with Gasteiger partial charge in [-0.3, -0.25) is 4.90 Å². The van der Waals surface area contributed by atoms with Gasteiger partial charge in [0.25, 0.3) is 5.92 Å². The van der Waals surface area contributed by atoms with Gasteiger partial charge in [-0.15, -0.1) is 5.10 Å². The number of fused-ring (bicyclic) bond motifs is 1. The Morgan fingerprint density at radius 3 is 2.88 bits per heavy atom. The van der Waals surface area contributed by atoms with Crippen molar-refractivity contribution < 1.29 is 13.5 Å². The molecule has 0 atom stereocenters. The van der Waals surface area contributed by atoms with E-state index in [1.165, 1.54) is 12.8 Å². The van der Waals surface area contributed by atoms with Crippen LogP contribution in [0, 0.1) is 5.92 Å². The summed E-state index contributed by atoms with van der Waals surface area (Å²) in [4.78, 5) is 1.73. The summed E-state index contributed by atoms with van der Waals surface area (Å²) in [5, 5.41) is 8.47. The maximum atomic E-state index is 13.2. The number of alkyl halides is 2. The molecule has 0 radical (unpaired) electrons. The molecule has 4 rings (SSSR count). The third-order valence-electron chi connectivity index (χ3n) is 4.63. The van der Waals surface area contributed by atoms with Gasteiger partial charge < -0.3 is 4.74 Å². The van der Waals surface area contributed by atoms with Gasteiger partial charge in [-0.05, 0) is 46.8 Å². The lowest BCUT2D eigenvalue weighted by Gasteiger charge is -2.16. The molecule has 0 N–H and O–H groups in total. The van der Waals surface area contributed by atoms with Crippen molar-refractivity contribution in [2.75, 3.05) is 26.2 Å². The lowest BCUT2D eigenvalue weighted by molar-refractivity contribution is 0.0113. The molecule has 2 aromatic rings. The molecular weight excluding hydrogens is 382 g/mol. The molecule has 2 fully saturated rings. The molecule has 130 valence electrons. The van der Waals surface area contributed by atoms with Crippen LogP contribution < -0.4 is 4.74 Å². The quantitative estimate of drug-likeness (QED) is 0.745. The van der Waals surface area contributed by atoms with E-state index >= 15 is 0 Å². The van der Waals surface area contributed by atoms with Gasteiger partial charge in [0.15, 0.2) is 0 Å². The summed E-state index contributed by atoms with van der Waals surface area (Å²) >= 11 is 3.53. The molecule has 0 amide bonds. The normalized spacial score (nSPS) is 20.8. The largest absolute Gasteiger partial charge is 0.491 e. The number of likely N-dealkylation sites (tertiary alicyclic amines) is 1. The molecule has 0 spiro atoms. The first-order valence-corrected chi connectivity index (χ1v) is 9.06. The lowest BCUT2D eigenvalue weighted by Crippen LogP contribution is -2.29. The first kappa shape index (κ1) is 16.2. The van der Waals surface area contributed by atoms with Crippen LogP contribution in [0.25, 0.3) is 11.0 Å². The highest BCUT2D eigenvalue weighted by Crippen LogP contribution is 2.35. The highest BCUT2D eigenvalue weighted by molar-refractivity contribution is 9.10. The van der Waals surface area contributed by atoms with Crippen LogP contribution >= 0.6 is 15.9 Å². The molecule has 1 aliphatic carbocycles. The third-order valence-corrected chi connectivity index (χ3v) is 5.40. The number of benzene rings is 1. The lowest BCUT2D eigenvalue weighted by atomic mass is 10.3. The van der Waals surface area contributed by atoms with E-state index in [1.807, 2.05) is 16.8 Å². The summed E-state index contributed by atoms with van der Waals surface area (Å²) in [5.74, 6) is -1.16. The Morgan fingerprint density at radius 1 is 1.33 bits per heavy atom. The van der Waals surface area contributed by atoms with Crippen molar-refractivity contribution in [3.63, 3.8) is 0 Å². The van der Waals surface area contributed by atoms with Gasteiger partial charge in [-0.25, -0.2) is 13.5 Å². The van der Waals surface area contributed by atoms with Gasteiger partial charge in [0.1, 0.15) is 17.9 Å². The SMILES string of the molecule is FC1(F)CCN(CCOc2ccc3c(nnn3CC3CC3)c2Br)C1. The number of aromatic nitrogens is 3. The fourth-order valence-electron chi connectivity index (χ4n) is 3.06. The second kappa shape index (κ2) is 6.22. The van der Waals surface area contributed by atoms with Crippen LogP contribution in [0.1, 0.15) is 19.3 Å². The smallest absolute Gasteiger partial charge is 0.261 e. The predicted molar refractivity (Wildman–Crippen MR) is 89.5 cm³/mol. The number of halogens is 3. The topological polar surface area (TPSA) is 43.2 Å². The standard InChI is InChI=1S/C16H19BrF2N4O/c17-14-13(24-8-7-22-6-5-16(18,19)10-22)4-3-12-15(14)20-21-23(12)9-11-1-2-11/h3-4,11H,1-2,5-10H2. The molecule has 1 aromatic carbocycles. The molecule has 5 nitrogen and oxygen atoms in total. The zero-order valence-electron chi connectivity index (χ0n) is 13.2. The zero-order chi connectivity index (χ0) is 16.7. The number of hydrogen-bond donors (Lipinski definition) is 0. The summed E-state index contributed by atoms with van der Waals surface area (Å²) in [5.41, 5.74) is 1.76. The minimum atomic E-state index is -2.56. The maximum absolute atomic E-state index is 13.2. The minimum absolute atomic E-state index is 0.0627. The van der Waals surface area contributed by atoms with Crippen LogP contribution in [0.3, 0.4) is 0 Å². The highest BCUT2D eigenvalue weighted by atomic mass is 79.9. The Morgan fingerprint density at radius 2 is 2.17 bits per heavy atom. The summed E-state index contributed by atoms with van der Waals surface area (Å²) in [6, 6.07) is 3.85. The van der Waals surface area contributed by atoms with Crippen molar-refractivity contribution in [3.05, 3.63) is 16.6 Å². The van der Waals surface area contributed by atoms with E-state index < -0.39 is 5.92 Å². The fourth-order valence-corrected chi connectivity index (χ4v) is 3.59. The third kappa shape index (κ3) is 3.39. The van der Waals surface area contributed by atoms with Crippen molar-refractivity contribution in [1.29, 1.82) is 0 Å². The molecule has 1 saturated heterocycles. The Labute approximate surface area is 147 Å². The molecular formula is C16H19BrF2N4O. The molecule has 0 unspecified atom stereocenters. The molecule has 1 aliphatic heterocycles. The molecule has 2 aliphatic rings. The Bertz CT molecular complexity index is 747. The van der Waals surface area contributed by atoms with Crippen molar-refractivity contribution in [1.82, 2.24) is 19.9 Å². The Balaban J connectivity index is 1.40. The van der Waals surface area contributed by atoms with E-state index in [2.05, 4.69) is 26.2 Å². The first-order valence-electron chi connectivity index (χ1n) is 8.26. The van der Waals surface area contributed by atoms with Crippen molar-refractivity contribution >= 4 is 27.0 Å². The summed E-state index contributed by atoms with van der Waals surface area (Å²) in [6.45, 7) is 2.02. The second-order valence-corrected chi connectivity index (χ2v) is 7.48. The number of ether oxygens (including phenoxy) is 1. The monoisotopic (exact) mass is 400 g/mol. The van der Waals surface area contributed by atoms with E-state index in [1.54, 1.807) is 4.90 Å². The maximum Gasteiger partial charge on any atom is 0.261 e. The zero-order valence-corrected chi connectivity index (χ0v) is 14.8. The molecule has 1 saturated carbocycles. The number of nitrogens with zero attached hydrogens (tertiary/aromatic N) is 4. The van der Waals surface area contributed by atoms with Gasteiger partial charge in [0.05, 0.1) is 16.5 Å². The summed E-state index contributed by atoms with van der Waals surface area (Å²) in [7, 11) is 0. The van der Waals surface area contributed by atoms with E-state index in [4.69, 9.17) is 4.74 Å².